The van der Waals surface area contributed by atoms with Gasteiger partial charge in [0.15, 0.2) is 0 Å². The van der Waals surface area contributed by atoms with Gasteiger partial charge in [0.05, 0.1) is 41.3 Å². The van der Waals surface area contributed by atoms with Gasteiger partial charge in [-0.2, -0.15) is 0 Å². The molecule has 0 N–H and O–H groups in total. The van der Waals surface area contributed by atoms with Crippen LogP contribution in [0.25, 0.3) is 0 Å². The van der Waals surface area contributed by atoms with E-state index in [1.165, 1.54) is 204 Å². The normalized spacial score (nSPS) is 11.7. The molecule has 0 saturated heterocycles. The standard InChI is InChI=1S/C25H24BCl3O2.2C25H46N/c1-16-5-8-19(13-22(16)27)25(11-4-12-26(30)31,20-9-6-17(2)23(28)14-20)21-10-7-18(3)24(29)15-21;2*1-4-5-6-7-8-9-10-11-12-13-14-15-16-20-23-26(2,3)24-25-21-18-17-19-22-25/h5-10,13-15H,4,11-12H2,1-3H3;2*17-19,21-22H,4-16,20,23-24H2,1-3H3/q-2;2*+1. The van der Waals surface area contributed by atoms with E-state index < -0.39 is 12.5 Å². The summed E-state index contributed by atoms with van der Waals surface area (Å²) in [6.45, 7) is 15.4. The summed E-state index contributed by atoms with van der Waals surface area (Å²) < 4.78 is 2.23. The monoisotopic (exact) mass is 1190 g/mol. The van der Waals surface area contributed by atoms with Crippen molar-refractivity contribution in [3.05, 3.63) is 175 Å². The Morgan fingerprint density at radius 3 is 0.880 bits per heavy atom. The highest BCUT2D eigenvalue weighted by atomic mass is 35.5. The van der Waals surface area contributed by atoms with Crippen LogP contribution in [0, 0.1) is 20.8 Å². The average molecular weight is 1190 g/mol. The Kier molecular flexibility index (Phi) is 38.8. The highest BCUT2D eigenvalue weighted by molar-refractivity contribution is 6.36. The third kappa shape index (κ3) is 31.9. The molecule has 0 fully saturated rings. The summed E-state index contributed by atoms with van der Waals surface area (Å²) in [5.74, 6) is 0. The van der Waals surface area contributed by atoms with Crippen molar-refractivity contribution < 1.29 is 19.0 Å². The van der Waals surface area contributed by atoms with Crippen LogP contribution in [0.2, 0.25) is 21.4 Å². The van der Waals surface area contributed by atoms with Crippen LogP contribution in [-0.4, -0.2) is 57.4 Å². The largest absolute Gasteiger partial charge is 0.893 e. The van der Waals surface area contributed by atoms with Crippen molar-refractivity contribution in [2.45, 2.75) is 252 Å². The van der Waals surface area contributed by atoms with Crippen molar-refractivity contribution >= 4 is 41.9 Å². The molecule has 0 spiro atoms. The highest BCUT2D eigenvalue weighted by Gasteiger charge is 2.37. The Balaban J connectivity index is 0.000000329. The van der Waals surface area contributed by atoms with Crippen molar-refractivity contribution in [3.8, 4) is 0 Å². The number of benzene rings is 5. The Morgan fingerprint density at radius 1 is 0.361 bits per heavy atom. The first-order valence-electron chi connectivity index (χ1n) is 33.3. The summed E-state index contributed by atoms with van der Waals surface area (Å²) in [6, 6.07) is 39.9. The number of halogens is 3. The lowest BCUT2D eigenvalue weighted by molar-refractivity contribution is -0.903. The molecule has 5 rings (SSSR count). The fourth-order valence-corrected chi connectivity index (χ4v) is 12.4. The van der Waals surface area contributed by atoms with Gasteiger partial charge in [0.25, 0.3) is 0 Å². The quantitative estimate of drug-likeness (QED) is 0.0169. The summed E-state index contributed by atoms with van der Waals surface area (Å²) in [5, 5.41) is 24.6. The SMILES string of the molecule is CCCCCCCCCCCCCCCC[N+](C)(C)Cc1ccccc1.CCCCCCCCCCCCCCCC[N+](C)(C)Cc1ccccc1.Cc1ccc(C(CCCB([O-])[O-])(c2ccc(C)c(Cl)c2)c2ccc(C)c(Cl)c2)cc1Cl. The van der Waals surface area contributed by atoms with E-state index in [-0.39, 0.29) is 6.32 Å². The number of hydrogen-bond acceptors (Lipinski definition) is 2. The van der Waals surface area contributed by atoms with E-state index in [0.29, 0.717) is 27.9 Å². The molecule has 8 heteroatoms. The third-order valence-corrected chi connectivity index (χ3v) is 18.3. The van der Waals surface area contributed by atoms with Gasteiger partial charge < -0.3 is 19.0 Å². The van der Waals surface area contributed by atoms with Gasteiger partial charge >= 0.3 is 0 Å². The van der Waals surface area contributed by atoms with Crippen molar-refractivity contribution in [3.63, 3.8) is 0 Å². The first-order chi connectivity index (χ1) is 39.9. The van der Waals surface area contributed by atoms with Crippen LogP contribution in [-0.2, 0) is 18.5 Å². The van der Waals surface area contributed by atoms with Crippen molar-refractivity contribution in [2.75, 3.05) is 41.3 Å². The minimum atomic E-state index is -1.86. The molecule has 0 unspecified atom stereocenters. The maximum absolute atomic E-state index is 11.3. The van der Waals surface area contributed by atoms with Gasteiger partial charge in [-0.05, 0) is 104 Å². The number of nitrogens with zero attached hydrogens (tertiary/aromatic N) is 2. The summed E-state index contributed by atoms with van der Waals surface area (Å²) in [4.78, 5) is 0. The maximum Gasteiger partial charge on any atom is 0.104 e. The smallest absolute Gasteiger partial charge is 0.104 e. The van der Waals surface area contributed by atoms with Crippen molar-refractivity contribution in [1.29, 1.82) is 0 Å². The number of aryl methyl sites for hydroxylation is 3. The van der Waals surface area contributed by atoms with E-state index in [9.17, 15) is 10.0 Å². The first-order valence-corrected chi connectivity index (χ1v) is 34.4. The van der Waals surface area contributed by atoms with Gasteiger partial charge in [-0.25, -0.2) is 0 Å². The number of hydrogen-bond donors (Lipinski definition) is 0. The van der Waals surface area contributed by atoms with Gasteiger partial charge in [-0.3, -0.25) is 0 Å². The van der Waals surface area contributed by atoms with Crippen LogP contribution in [0.3, 0.4) is 0 Å². The molecule has 0 aliphatic heterocycles. The van der Waals surface area contributed by atoms with Crippen LogP contribution in [0.1, 0.15) is 251 Å². The molecule has 0 amide bonds. The molecule has 0 aromatic heterocycles. The summed E-state index contributed by atoms with van der Waals surface area (Å²) >= 11 is 19.6. The summed E-state index contributed by atoms with van der Waals surface area (Å²) in [5.41, 5.74) is 8.09. The maximum atomic E-state index is 11.3. The van der Waals surface area contributed by atoms with Gasteiger partial charge in [0.1, 0.15) is 13.1 Å². The Hall–Kier alpha value is -3.13. The van der Waals surface area contributed by atoms with Gasteiger partial charge in [0.2, 0.25) is 0 Å². The molecule has 0 heterocycles. The predicted octanol–water partition coefficient (Wildman–Crippen LogP) is 21.4. The molecule has 0 bridgehead atoms. The second-order valence-electron chi connectivity index (χ2n) is 25.9. The fraction of sp³-hybridized carbons (Fsp3) is 0.600. The van der Waals surface area contributed by atoms with Gasteiger partial charge in [-0.1, -0.05) is 306 Å². The minimum absolute atomic E-state index is 0.0422. The lowest BCUT2D eigenvalue weighted by atomic mass is 9.65. The minimum Gasteiger partial charge on any atom is -0.893 e. The average Bonchev–Trinajstić information content (AvgIpc) is 2.94. The number of rotatable bonds is 41. The first kappa shape index (κ1) is 74.1. The predicted molar refractivity (Wildman–Crippen MR) is 363 cm³/mol. The molecule has 0 saturated carbocycles. The zero-order valence-electron chi connectivity index (χ0n) is 54.1. The lowest BCUT2D eigenvalue weighted by Crippen LogP contribution is -2.44. The zero-order valence-corrected chi connectivity index (χ0v) is 56.4. The summed E-state index contributed by atoms with van der Waals surface area (Å²) in [6.07, 6.45) is 41.4. The molecule has 0 aliphatic carbocycles. The molecular formula is C75H116BCl3N2O2. The Bertz CT molecular complexity index is 2200. The van der Waals surface area contributed by atoms with Crippen LogP contribution < -0.4 is 10.0 Å². The molecule has 5 aromatic rings. The van der Waals surface area contributed by atoms with Gasteiger partial charge in [-0.15, -0.1) is 13.4 Å². The number of unbranched alkanes of at least 4 members (excludes halogenated alkanes) is 26. The van der Waals surface area contributed by atoms with Crippen LogP contribution in [0.15, 0.2) is 115 Å². The van der Waals surface area contributed by atoms with Crippen molar-refractivity contribution in [1.82, 2.24) is 0 Å². The molecule has 83 heavy (non-hydrogen) atoms. The second-order valence-corrected chi connectivity index (χ2v) is 27.1. The second kappa shape index (κ2) is 43.5. The van der Waals surface area contributed by atoms with Crippen LogP contribution in [0.5, 0.6) is 0 Å². The molecule has 5 aromatic carbocycles. The van der Waals surface area contributed by atoms with E-state index in [1.54, 1.807) is 0 Å². The molecule has 0 aliphatic rings. The Morgan fingerprint density at radius 2 is 0.627 bits per heavy atom. The molecule has 0 radical (unpaired) electrons. The molecule has 0 atom stereocenters. The van der Waals surface area contributed by atoms with E-state index in [2.05, 4.69) is 121 Å². The molecular weight excluding hydrogens is 1080 g/mol. The lowest BCUT2D eigenvalue weighted by Gasteiger charge is -2.38. The van der Waals surface area contributed by atoms with E-state index in [0.717, 1.165) is 55.4 Å². The van der Waals surface area contributed by atoms with Gasteiger partial charge in [0, 0.05) is 31.6 Å². The van der Waals surface area contributed by atoms with E-state index in [4.69, 9.17) is 34.8 Å². The van der Waals surface area contributed by atoms with Crippen molar-refractivity contribution in [2.24, 2.45) is 0 Å². The third-order valence-electron chi connectivity index (χ3n) is 17.1. The zero-order chi connectivity index (χ0) is 60.6. The number of quaternary nitrogens is 2. The molecule has 4 nitrogen and oxygen atoms in total. The fourth-order valence-electron chi connectivity index (χ4n) is 11.8. The van der Waals surface area contributed by atoms with Crippen LogP contribution >= 0.6 is 34.8 Å². The molecule has 462 valence electrons. The highest BCUT2D eigenvalue weighted by Crippen LogP contribution is 2.46. The summed E-state index contributed by atoms with van der Waals surface area (Å²) in [7, 11) is 7.62. The van der Waals surface area contributed by atoms with Crippen LogP contribution in [0.4, 0.5) is 0 Å². The topological polar surface area (TPSA) is 46.1 Å². The van der Waals surface area contributed by atoms with E-state index >= 15 is 0 Å². The Labute approximate surface area is 525 Å². The van der Waals surface area contributed by atoms with E-state index in [1.807, 2.05) is 57.2 Å².